The van der Waals surface area contributed by atoms with Crippen LogP contribution in [0.15, 0.2) is 36.8 Å². The molecule has 0 amide bonds. The smallest absolute Gasteiger partial charge is 0.382 e. The van der Waals surface area contributed by atoms with Gasteiger partial charge in [0.1, 0.15) is 23.4 Å². The van der Waals surface area contributed by atoms with Crippen LogP contribution in [0.5, 0.6) is 0 Å². The van der Waals surface area contributed by atoms with E-state index >= 15 is 0 Å². The van der Waals surface area contributed by atoms with Gasteiger partial charge in [-0.05, 0) is 19.1 Å². The number of alkyl halides is 3. The van der Waals surface area contributed by atoms with Crippen LogP contribution >= 0.6 is 0 Å². The number of nitrogen functional groups attached to an aromatic ring is 1. The Balaban J connectivity index is 1.92. The van der Waals surface area contributed by atoms with Gasteiger partial charge in [-0.1, -0.05) is 12.1 Å². The van der Waals surface area contributed by atoms with E-state index in [1.54, 1.807) is 29.4 Å². The lowest BCUT2D eigenvalue weighted by Gasteiger charge is -2.09. The molecular weight excluding hydrogens is 359 g/mol. The molecule has 0 saturated carbocycles. The van der Waals surface area contributed by atoms with E-state index in [1.807, 2.05) is 0 Å². The van der Waals surface area contributed by atoms with Crippen molar-refractivity contribution in [2.24, 2.45) is 7.05 Å². The van der Waals surface area contributed by atoms with Crippen molar-refractivity contribution in [2.75, 3.05) is 5.73 Å². The monoisotopic (exact) mass is 373 g/mol. The molecule has 3 aromatic heterocycles. The predicted octanol–water partition coefficient (Wildman–Crippen LogP) is 3.10. The van der Waals surface area contributed by atoms with E-state index < -0.39 is 11.7 Å². The zero-order chi connectivity index (χ0) is 19.3. The van der Waals surface area contributed by atoms with E-state index in [4.69, 9.17) is 5.73 Å². The first-order valence-corrected chi connectivity index (χ1v) is 7.93. The number of rotatable bonds is 2. The number of hydrogen-bond acceptors (Lipinski definition) is 5. The molecule has 0 radical (unpaired) electrons. The topological polar surface area (TPSA) is 86.9 Å². The molecule has 4 rings (SSSR count). The number of imidazole rings is 1. The summed E-state index contributed by atoms with van der Waals surface area (Å²) in [5, 5.41) is 8.40. The molecule has 0 bridgehead atoms. The zero-order valence-corrected chi connectivity index (χ0v) is 14.4. The Morgan fingerprint density at radius 2 is 1.78 bits per heavy atom. The van der Waals surface area contributed by atoms with Crippen molar-refractivity contribution in [1.82, 2.24) is 29.4 Å². The largest absolute Gasteiger partial charge is 0.416 e. The van der Waals surface area contributed by atoms with Crippen LogP contribution in [0, 0.1) is 6.92 Å². The van der Waals surface area contributed by atoms with E-state index in [2.05, 4.69) is 20.2 Å². The number of nitrogens with two attached hydrogens (primary N) is 1. The SMILES string of the molecule is Cc1nc(-c2cnn(C)c2-c2ccc(C(F)(F)F)cc2)c2c(N)ncnn12. The maximum Gasteiger partial charge on any atom is 0.416 e. The fraction of sp³-hybridized carbons (Fsp3) is 0.176. The second-order valence-electron chi connectivity index (χ2n) is 6.02. The lowest BCUT2D eigenvalue weighted by atomic mass is 10.0. The van der Waals surface area contributed by atoms with Crippen LogP contribution in [0.3, 0.4) is 0 Å². The minimum Gasteiger partial charge on any atom is -0.382 e. The number of hydrogen-bond donors (Lipinski definition) is 1. The van der Waals surface area contributed by atoms with E-state index in [1.165, 1.54) is 18.5 Å². The van der Waals surface area contributed by atoms with Crippen LogP contribution < -0.4 is 5.73 Å². The first kappa shape index (κ1) is 17.0. The summed E-state index contributed by atoms with van der Waals surface area (Å²) in [6.45, 7) is 1.77. The van der Waals surface area contributed by atoms with Crippen molar-refractivity contribution >= 4 is 11.3 Å². The van der Waals surface area contributed by atoms with Gasteiger partial charge in [0.15, 0.2) is 5.82 Å². The number of benzene rings is 1. The summed E-state index contributed by atoms with van der Waals surface area (Å²) in [4.78, 5) is 8.53. The molecule has 0 unspecified atom stereocenters. The highest BCUT2D eigenvalue weighted by Gasteiger charge is 2.30. The second kappa shape index (κ2) is 5.79. The van der Waals surface area contributed by atoms with E-state index in [9.17, 15) is 13.2 Å². The highest BCUT2D eigenvalue weighted by atomic mass is 19.4. The summed E-state index contributed by atoms with van der Waals surface area (Å²) < 4.78 is 41.7. The molecule has 0 atom stereocenters. The molecule has 2 N–H and O–H groups in total. The molecular formula is C17H14F3N7. The third kappa shape index (κ3) is 2.69. The fourth-order valence-corrected chi connectivity index (χ4v) is 3.05. The zero-order valence-electron chi connectivity index (χ0n) is 14.4. The van der Waals surface area contributed by atoms with Gasteiger partial charge >= 0.3 is 6.18 Å². The van der Waals surface area contributed by atoms with E-state index in [-0.39, 0.29) is 5.82 Å². The highest BCUT2D eigenvalue weighted by molar-refractivity contribution is 5.91. The van der Waals surface area contributed by atoms with Crippen LogP contribution in [-0.4, -0.2) is 29.4 Å². The summed E-state index contributed by atoms with van der Waals surface area (Å²) in [6.07, 6.45) is -1.46. The minimum atomic E-state index is -4.39. The Bertz CT molecular complexity index is 1140. The molecule has 7 nitrogen and oxygen atoms in total. The van der Waals surface area contributed by atoms with Crippen LogP contribution in [0.4, 0.5) is 19.0 Å². The maximum atomic E-state index is 12.8. The number of anilines is 1. The first-order chi connectivity index (χ1) is 12.8. The molecule has 0 aliphatic rings. The van der Waals surface area contributed by atoms with Crippen LogP contribution in [-0.2, 0) is 13.2 Å². The quantitative estimate of drug-likeness (QED) is 0.583. The standard InChI is InChI=1S/C17H14F3N7/c1-9-25-13(15-16(21)22-8-24-27(9)15)12-7-23-26(2)14(12)10-3-5-11(6-4-10)17(18,19)20/h3-8H,1-2H3,(H2,21,22,24). The normalized spacial score (nSPS) is 12.0. The molecule has 0 fully saturated rings. The number of fused-ring (bicyclic) bond motifs is 1. The van der Waals surface area contributed by atoms with Crippen molar-refractivity contribution < 1.29 is 13.2 Å². The van der Waals surface area contributed by atoms with Crippen LogP contribution in [0.2, 0.25) is 0 Å². The van der Waals surface area contributed by atoms with Crippen molar-refractivity contribution in [3.8, 4) is 22.5 Å². The van der Waals surface area contributed by atoms with Gasteiger partial charge in [0, 0.05) is 18.2 Å². The van der Waals surface area contributed by atoms with Crippen LogP contribution in [0.1, 0.15) is 11.4 Å². The van der Waals surface area contributed by atoms with Gasteiger partial charge in [-0.3, -0.25) is 4.68 Å². The van der Waals surface area contributed by atoms with Gasteiger partial charge in [0.25, 0.3) is 0 Å². The summed E-state index contributed by atoms with van der Waals surface area (Å²) in [5.41, 5.74) is 8.16. The summed E-state index contributed by atoms with van der Waals surface area (Å²) in [7, 11) is 1.71. The van der Waals surface area contributed by atoms with E-state index in [0.717, 1.165) is 12.1 Å². The van der Waals surface area contributed by atoms with Crippen molar-refractivity contribution in [2.45, 2.75) is 13.1 Å². The molecule has 27 heavy (non-hydrogen) atoms. The van der Waals surface area contributed by atoms with Gasteiger partial charge in [0.2, 0.25) is 0 Å². The van der Waals surface area contributed by atoms with Crippen molar-refractivity contribution in [1.29, 1.82) is 0 Å². The molecule has 3 heterocycles. The lowest BCUT2D eigenvalue weighted by Crippen LogP contribution is -2.04. The van der Waals surface area contributed by atoms with E-state index in [0.29, 0.717) is 33.9 Å². The van der Waals surface area contributed by atoms with Crippen molar-refractivity contribution in [3.63, 3.8) is 0 Å². The van der Waals surface area contributed by atoms with Crippen molar-refractivity contribution in [3.05, 3.63) is 48.2 Å². The molecule has 1 aromatic carbocycles. The molecule has 10 heteroatoms. The highest BCUT2D eigenvalue weighted by Crippen LogP contribution is 2.36. The Morgan fingerprint density at radius 1 is 1.07 bits per heavy atom. The third-order valence-electron chi connectivity index (χ3n) is 4.30. The molecule has 138 valence electrons. The third-order valence-corrected chi connectivity index (χ3v) is 4.30. The molecule has 0 aliphatic carbocycles. The average Bonchev–Trinajstić information content (AvgIpc) is 3.16. The Hall–Kier alpha value is -3.43. The molecule has 0 aliphatic heterocycles. The number of halogens is 3. The van der Waals surface area contributed by atoms with Gasteiger partial charge in [-0.25, -0.2) is 14.5 Å². The minimum absolute atomic E-state index is 0.253. The number of aryl methyl sites for hydroxylation is 2. The first-order valence-electron chi connectivity index (χ1n) is 7.93. The lowest BCUT2D eigenvalue weighted by molar-refractivity contribution is -0.137. The van der Waals surface area contributed by atoms with Gasteiger partial charge < -0.3 is 5.73 Å². The number of aromatic nitrogens is 6. The van der Waals surface area contributed by atoms with Crippen LogP contribution in [0.25, 0.3) is 28.0 Å². The van der Waals surface area contributed by atoms with Gasteiger partial charge in [-0.2, -0.15) is 23.4 Å². The Morgan fingerprint density at radius 3 is 2.44 bits per heavy atom. The van der Waals surface area contributed by atoms with Gasteiger partial charge in [-0.15, -0.1) is 0 Å². The molecule has 0 saturated heterocycles. The molecule has 4 aromatic rings. The average molecular weight is 373 g/mol. The summed E-state index contributed by atoms with van der Waals surface area (Å²) in [5.74, 6) is 0.860. The maximum absolute atomic E-state index is 12.8. The Kier molecular flexibility index (Phi) is 3.65. The summed E-state index contributed by atoms with van der Waals surface area (Å²) in [6, 6.07) is 4.91. The predicted molar refractivity (Wildman–Crippen MR) is 92.6 cm³/mol. The Labute approximate surface area is 151 Å². The summed E-state index contributed by atoms with van der Waals surface area (Å²) >= 11 is 0. The molecule has 0 spiro atoms. The second-order valence-corrected chi connectivity index (χ2v) is 6.02. The number of nitrogens with zero attached hydrogens (tertiary/aromatic N) is 6. The van der Waals surface area contributed by atoms with Gasteiger partial charge in [0.05, 0.1) is 17.5 Å². The fourth-order valence-electron chi connectivity index (χ4n) is 3.05.